The molecule has 3 N–H and O–H groups in total. The number of esters is 1. The van der Waals surface area contributed by atoms with Gasteiger partial charge in [0.2, 0.25) is 5.91 Å². The number of likely N-dealkylation sites (tertiary alicyclic amines) is 1. The van der Waals surface area contributed by atoms with Gasteiger partial charge in [-0.15, -0.1) is 0 Å². The van der Waals surface area contributed by atoms with E-state index in [2.05, 4.69) is 17.1 Å². The van der Waals surface area contributed by atoms with Crippen LogP contribution in [0.3, 0.4) is 0 Å². The molecule has 42 heavy (non-hydrogen) atoms. The maximum Gasteiger partial charge on any atom is 0.340 e. The lowest BCUT2D eigenvalue weighted by atomic mass is 9.44. The standard InChI is InChI=1S/C32H44N2O8/c1-6-34-16-29(42-28(36)18-9-7-8-10-21(18)33-17(2)35)12-11-25(40-4)31-23(29)14-20(26(31)34)30(37)15-22(39-3)19-13-24(31)32(30,38)27(19)41-5/h7-10,19-20,22-27,37-38H,6,11-16H2,1-5H3,(H,33,35)/t19-,20-,22+,23-,24+,25+,26-,27-,29-,30+,31-,32+/m1/s1. The molecule has 6 aliphatic rings. The molecule has 7 bridgehead atoms. The molecule has 0 unspecified atom stereocenters. The van der Waals surface area contributed by atoms with Gasteiger partial charge >= 0.3 is 5.97 Å². The summed E-state index contributed by atoms with van der Waals surface area (Å²) >= 11 is 0. The molecule has 0 radical (unpaired) electrons. The highest BCUT2D eigenvalue weighted by Crippen LogP contribution is 2.79. The third-order valence-electron chi connectivity index (χ3n) is 12.6. The van der Waals surface area contributed by atoms with E-state index in [0.717, 1.165) is 0 Å². The van der Waals surface area contributed by atoms with Gasteiger partial charge in [0.25, 0.3) is 0 Å². The van der Waals surface area contributed by atoms with Crippen LogP contribution in [0.1, 0.15) is 56.3 Å². The predicted molar refractivity (Wildman–Crippen MR) is 152 cm³/mol. The normalized spacial score (nSPS) is 48.2. The van der Waals surface area contributed by atoms with Crippen LogP contribution in [0.4, 0.5) is 5.69 Å². The number of hydrogen-bond acceptors (Lipinski definition) is 9. The van der Waals surface area contributed by atoms with Crippen molar-refractivity contribution in [2.75, 3.05) is 39.7 Å². The first-order valence-corrected chi connectivity index (χ1v) is 15.4. The van der Waals surface area contributed by atoms with Crippen molar-refractivity contribution >= 4 is 17.6 Å². The number of anilines is 1. The van der Waals surface area contributed by atoms with Crippen molar-refractivity contribution in [3.8, 4) is 0 Å². The highest BCUT2D eigenvalue weighted by Gasteiger charge is 2.89. The lowest BCUT2D eigenvalue weighted by molar-refractivity contribution is -0.337. The zero-order valence-electron chi connectivity index (χ0n) is 25.2. The van der Waals surface area contributed by atoms with Gasteiger partial charge in [-0.05, 0) is 44.4 Å². The molecule has 1 heterocycles. The van der Waals surface area contributed by atoms with Crippen LogP contribution in [0.25, 0.3) is 0 Å². The minimum absolute atomic E-state index is 0.0432. The van der Waals surface area contributed by atoms with Crippen LogP contribution in [0, 0.1) is 29.1 Å². The number of para-hydroxylation sites is 1. The number of nitrogens with one attached hydrogen (secondary N) is 1. The van der Waals surface area contributed by atoms with E-state index in [0.29, 0.717) is 56.4 Å². The van der Waals surface area contributed by atoms with E-state index in [4.69, 9.17) is 18.9 Å². The first kappa shape index (κ1) is 28.7. The number of likely N-dealkylation sites (N-methyl/N-ethyl adjacent to an activating group) is 1. The molecule has 10 heteroatoms. The van der Waals surface area contributed by atoms with Crippen LogP contribution in [0.5, 0.6) is 0 Å². The van der Waals surface area contributed by atoms with Crippen LogP contribution in [-0.2, 0) is 23.7 Å². The van der Waals surface area contributed by atoms with Crippen molar-refractivity contribution in [1.82, 2.24) is 4.90 Å². The van der Waals surface area contributed by atoms with Crippen LogP contribution < -0.4 is 5.32 Å². The van der Waals surface area contributed by atoms with Crippen molar-refractivity contribution in [2.45, 2.75) is 87.1 Å². The van der Waals surface area contributed by atoms with Gasteiger partial charge in [0.15, 0.2) is 0 Å². The molecule has 6 fully saturated rings. The van der Waals surface area contributed by atoms with Crippen molar-refractivity contribution in [3.05, 3.63) is 29.8 Å². The number of carbonyl (C=O) groups excluding carboxylic acids is 2. The third kappa shape index (κ3) is 3.21. The van der Waals surface area contributed by atoms with Gasteiger partial charge in [-0.2, -0.15) is 0 Å². The fourth-order valence-corrected chi connectivity index (χ4v) is 11.6. The summed E-state index contributed by atoms with van der Waals surface area (Å²) in [6.07, 6.45) is 1.91. The van der Waals surface area contributed by atoms with E-state index in [9.17, 15) is 19.8 Å². The van der Waals surface area contributed by atoms with E-state index in [1.165, 1.54) is 6.92 Å². The van der Waals surface area contributed by atoms with Crippen molar-refractivity contribution in [1.29, 1.82) is 0 Å². The smallest absolute Gasteiger partial charge is 0.340 e. The number of aliphatic hydroxyl groups is 2. The Morgan fingerprint density at radius 1 is 1.07 bits per heavy atom. The van der Waals surface area contributed by atoms with Gasteiger partial charge in [0, 0.05) is 76.3 Å². The van der Waals surface area contributed by atoms with Crippen molar-refractivity contribution in [3.63, 3.8) is 0 Å². The largest absolute Gasteiger partial charge is 0.454 e. The lowest BCUT2D eigenvalue weighted by Gasteiger charge is -2.70. The second-order valence-electron chi connectivity index (χ2n) is 13.7. The first-order chi connectivity index (χ1) is 20.1. The molecule has 7 rings (SSSR count). The summed E-state index contributed by atoms with van der Waals surface area (Å²) in [7, 11) is 5.05. The fourth-order valence-electron chi connectivity index (χ4n) is 11.6. The van der Waals surface area contributed by atoms with E-state index in [1.807, 2.05) is 0 Å². The average Bonchev–Trinajstić information content (AvgIpc) is 3.39. The molecule has 10 nitrogen and oxygen atoms in total. The molecule has 5 saturated carbocycles. The molecule has 1 aliphatic heterocycles. The van der Waals surface area contributed by atoms with E-state index in [-0.39, 0.29) is 47.8 Å². The summed E-state index contributed by atoms with van der Waals surface area (Å²) in [6, 6.07) is 6.89. The molecule has 1 aromatic carbocycles. The summed E-state index contributed by atoms with van der Waals surface area (Å²) in [4.78, 5) is 28.3. The Hall–Kier alpha value is -2.08. The Morgan fingerprint density at radius 3 is 2.50 bits per heavy atom. The third-order valence-corrected chi connectivity index (χ3v) is 12.6. The van der Waals surface area contributed by atoms with Gasteiger partial charge in [-0.25, -0.2) is 4.79 Å². The number of methoxy groups -OCH3 is 3. The van der Waals surface area contributed by atoms with Crippen molar-refractivity contribution < 1.29 is 38.7 Å². The highest BCUT2D eigenvalue weighted by atomic mass is 16.6. The van der Waals surface area contributed by atoms with Crippen molar-refractivity contribution in [2.24, 2.45) is 29.1 Å². The number of amides is 1. The summed E-state index contributed by atoms with van der Waals surface area (Å²) < 4.78 is 25.1. The average molecular weight is 585 g/mol. The summed E-state index contributed by atoms with van der Waals surface area (Å²) in [5.41, 5.74) is -3.57. The molecule has 12 atom stereocenters. The lowest BCUT2D eigenvalue weighted by Crippen LogP contribution is -2.83. The molecular weight excluding hydrogens is 540 g/mol. The quantitative estimate of drug-likeness (QED) is 0.414. The van der Waals surface area contributed by atoms with E-state index < -0.39 is 34.3 Å². The number of fused-ring (bicyclic) bond motifs is 2. The molecule has 1 spiro atoms. The fraction of sp³-hybridized carbons (Fsp3) is 0.750. The number of nitrogens with zero attached hydrogens (tertiary/aromatic N) is 1. The van der Waals surface area contributed by atoms with Crippen LogP contribution >= 0.6 is 0 Å². The second-order valence-corrected chi connectivity index (χ2v) is 13.7. The SMILES string of the molecule is CCN1C[C@]2(OC(=O)c3ccccc3NC(C)=O)CC[C@H](OC)[C@]34[C@@H]2C[C@H]([C@@H]13)[C@@]1(O)C[C@H](OC)[C@H]2C[C@@H]4[C@]1(O)[C@@H]2OC. The van der Waals surface area contributed by atoms with Gasteiger partial charge in [0.05, 0.1) is 29.6 Å². The topological polar surface area (TPSA) is 127 Å². The van der Waals surface area contributed by atoms with Gasteiger partial charge in [0.1, 0.15) is 16.8 Å². The number of piperidine rings is 1. The molecule has 1 saturated heterocycles. The predicted octanol–water partition coefficient (Wildman–Crippen LogP) is 2.22. The molecule has 0 aromatic heterocycles. The minimum atomic E-state index is -1.48. The Morgan fingerprint density at radius 2 is 1.83 bits per heavy atom. The van der Waals surface area contributed by atoms with Gasteiger partial charge < -0.3 is 34.5 Å². The number of carbonyl (C=O) groups is 2. The van der Waals surface area contributed by atoms with E-state index >= 15 is 0 Å². The molecular formula is C32H44N2O8. The highest BCUT2D eigenvalue weighted by molar-refractivity contribution is 6.00. The minimum Gasteiger partial charge on any atom is -0.454 e. The Bertz CT molecular complexity index is 1290. The summed E-state index contributed by atoms with van der Waals surface area (Å²) in [5, 5.41) is 28.4. The maximum atomic E-state index is 14.0. The number of ether oxygens (including phenoxy) is 4. The van der Waals surface area contributed by atoms with Crippen LogP contribution in [0.15, 0.2) is 24.3 Å². The van der Waals surface area contributed by atoms with Crippen LogP contribution in [0.2, 0.25) is 0 Å². The zero-order chi connectivity index (χ0) is 29.8. The molecule has 1 amide bonds. The number of rotatable bonds is 7. The zero-order valence-corrected chi connectivity index (χ0v) is 25.2. The van der Waals surface area contributed by atoms with Gasteiger partial charge in [-0.3, -0.25) is 9.69 Å². The molecule has 230 valence electrons. The number of benzene rings is 1. The Labute approximate surface area is 247 Å². The monoisotopic (exact) mass is 584 g/mol. The summed E-state index contributed by atoms with van der Waals surface area (Å²) in [5.74, 6) is -1.54. The number of hydrogen-bond donors (Lipinski definition) is 3. The summed E-state index contributed by atoms with van der Waals surface area (Å²) in [6.45, 7) is 4.79. The Kier molecular flexibility index (Phi) is 6.46. The molecule has 1 aromatic rings. The second kappa shape index (κ2) is 9.46. The van der Waals surface area contributed by atoms with Crippen LogP contribution in [-0.4, -0.2) is 103 Å². The first-order valence-electron chi connectivity index (χ1n) is 15.4. The van der Waals surface area contributed by atoms with E-state index in [1.54, 1.807) is 45.6 Å². The Balaban J connectivity index is 1.38. The molecule has 5 aliphatic carbocycles. The van der Waals surface area contributed by atoms with Gasteiger partial charge in [-0.1, -0.05) is 19.1 Å². The maximum absolute atomic E-state index is 14.0.